The maximum absolute atomic E-state index is 11.6. The van der Waals surface area contributed by atoms with Gasteiger partial charge in [0.05, 0.1) is 148 Å². The monoisotopic (exact) mass is 1710 g/mol. The molecule has 118 heavy (non-hydrogen) atoms. The summed E-state index contributed by atoms with van der Waals surface area (Å²) in [6, 6.07) is -4.60. The van der Waals surface area contributed by atoms with Crippen molar-refractivity contribution in [3.8, 4) is 0 Å². The van der Waals surface area contributed by atoms with E-state index < -0.39 is 216 Å². The number of nitrogens with zero attached hydrogens (tertiary/aromatic N) is 6. The molecule has 29 N–H and O–H groups in total. The predicted molar refractivity (Wildman–Crippen MR) is 396 cm³/mol. The van der Waals surface area contributed by atoms with Crippen LogP contribution in [0.2, 0.25) is 0 Å². The van der Waals surface area contributed by atoms with Crippen molar-refractivity contribution < 1.29 is 181 Å². The van der Waals surface area contributed by atoms with Crippen molar-refractivity contribution in [2.24, 2.45) is 34.4 Å². The quantitative estimate of drug-likeness (QED) is 0.0251. The fraction of sp³-hybridized carbons (Fsp3) is 0.609. The molecule has 5 amide bonds. The minimum absolute atomic E-state index is 0.0427. The molecular weight excluding hydrogens is 1600 g/mol. The van der Waals surface area contributed by atoms with Crippen molar-refractivity contribution in [2.75, 3.05) is 151 Å². The summed E-state index contributed by atoms with van der Waals surface area (Å²) in [6.45, 7) is -7.08. The Morgan fingerprint density at radius 3 is 0.754 bits per heavy atom. The molecule has 0 aromatic carbocycles. The van der Waals surface area contributed by atoms with Gasteiger partial charge in [-0.2, -0.15) is 0 Å². The number of carbonyl (C=O) groups is 25. The fourth-order valence-electron chi connectivity index (χ4n) is 8.42. The minimum Gasteiger partial charge on any atom is -0.480 e. The highest BCUT2D eigenvalue weighted by Gasteiger charge is 2.24. The second-order valence-electron chi connectivity index (χ2n) is 24.3. The van der Waals surface area contributed by atoms with Gasteiger partial charge in [0.15, 0.2) is 0 Å². The van der Waals surface area contributed by atoms with Crippen LogP contribution in [0, 0.1) is 0 Å². The van der Waals surface area contributed by atoms with E-state index in [0.717, 1.165) is 19.6 Å². The second-order valence-corrected chi connectivity index (χ2v) is 24.3. The molecule has 0 saturated heterocycles. The summed E-state index contributed by atoms with van der Waals surface area (Å²) < 4.78 is 0. The lowest BCUT2D eigenvalue weighted by molar-refractivity contribution is -0.144. The zero-order valence-electron chi connectivity index (χ0n) is 64.0. The highest BCUT2D eigenvalue weighted by Crippen LogP contribution is 2.03. The minimum atomic E-state index is -1.26. The average Bonchev–Trinajstić information content (AvgIpc) is 0.954. The Balaban J connectivity index is -0.000000320. The lowest BCUT2D eigenvalue weighted by Crippen LogP contribution is -2.44. The van der Waals surface area contributed by atoms with E-state index in [9.17, 15) is 120 Å². The standard InChI is InChI=1S/C13H21N3O7.C12H20N4O7.C11H18N2O6.2C10H17N3O6.C8H14N2O5/c14-9(10(18)2-1-5-17)3-4-15-11(19)6-16(7-12(20)21)8-13(22)23;13-3-9(18)15-8(7-17)1-2-14-10(19)4-16(5-11(20)21)6-12(22)23;12-8(9(15)2-1-5-14)3-4-13(6-10(16)17)7-11(18)19;11-7(6-14)1-2-12-8(15)3-13(4-9(16)17)5-10(18)19;11-3-8(15)12-7(6-14)1-2-13(4-9(16)17)5-10(18)19;9-6(5-11)1-2-10(3-7(12)13)4-8(14)15/h5,9H,1-4,6-8,14H2,(H,15,19)(H,20,21)(H,22,23);7-8H,1-6,13H2,(H,14,19)(H,15,18)(H,20,21)(H,22,23);5,8H,1-4,6-7,12H2,(H,16,17)(H,18,19);2*6-7H,1-5,11H2,(H,12,15)(H,16,17)(H,18,19);5-6H,1-4,9H2,(H,12,13)(H,14,15)/t9-;2*8-;2*7-;6-/m000000/s1. The number of Topliss-reactive ketones (excluding diaryl/α,β-unsaturated/α-hetero) is 2. The molecule has 670 valence electrons. The number of carboxylic acid groups (broad SMARTS) is 12. The van der Waals surface area contributed by atoms with Crippen LogP contribution >= 0.6 is 0 Å². The van der Waals surface area contributed by atoms with Crippen molar-refractivity contribution in [1.82, 2.24) is 56.0 Å². The Hall–Kier alpha value is -12.1. The number of nitrogens with one attached hydrogen (secondary N) is 5. The highest BCUT2D eigenvalue weighted by molar-refractivity contribution is 5.87. The van der Waals surface area contributed by atoms with E-state index in [1.807, 2.05) is 0 Å². The summed E-state index contributed by atoms with van der Waals surface area (Å²) in [5, 5.41) is 115. The van der Waals surface area contributed by atoms with Gasteiger partial charge in [-0.3, -0.25) is 120 Å². The molecule has 0 saturated carbocycles. The van der Waals surface area contributed by atoms with Crippen LogP contribution in [-0.4, -0.2) is 428 Å². The van der Waals surface area contributed by atoms with Gasteiger partial charge in [-0.15, -0.1) is 0 Å². The van der Waals surface area contributed by atoms with Crippen LogP contribution in [0.4, 0.5) is 0 Å². The largest absolute Gasteiger partial charge is 0.480 e. The number of amides is 5. The van der Waals surface area contributed by atoms with Gasteiger partial charge >= 0.3 is 71.6 Å². The van der Waals surface area contributed by atoms with E-state index in [2.05, 4.69) is 26.6 Å². The van der Waals surface area contributed by atoms with Crippen molar-refractivity contribution in [3.63, 3.8) is 0 Å². The molecule has 54 nitrogen and oxygen atoms in total. The molecule has 0 aliphatic rings. The lowest BCUT2D eigenvalue weighted by atomic mass is 10.1. The number of aldehydes is 6. The lowest BCUT2D eigenvalue weighted by Gasteiger charge is -2.20. The first-order valence-electron chi connectivity index (χ1n) is 34.6. The summed E-state index contributed by atoms with van der Waals surface area (Å²) in [6.07, 6.45) is 4.65. The van der Waals surface area contributed by atoms with Crippen LogP contribution in [0.25, 0.3) is 0 Å². The van der Waals surface area contributed by atoms with Gasteiger partial charge in [0.1, 0.15) is 49.3 Å². The Labute approximate surface area is 671 Å². The maximum Gasteiger partial charge on any atom is 0.317 e. The van der Waals surface area contributed by atoms with Gasteiger partial charge in [0.25, 0.3) is 0 Å². The third-order valence-corrected chi connectivity index (χ3v) is 13.6. The Kier molecular flexibility index (Phi) is 71.8. The summed E-state index contributed by atoms with van der Waals surface area (Å²) >= 11 is 0. The van der Waals surface area contributed by atoms with E-state index in [-0.39, 0.29) is 148 Å². The van der Waals surface area contributed by atoms with Gasteiger partial charge in [0.2, 0.25) is 29.5 Å². The first kappa shape index (κ1) is 117. The number of hydrogen-bond acceptors (Lipinski definition) is 37. The highest BCUT2D eigenvalue weighted by atomic mass is 16.4. The second kappa shape index (κ2) is 72.6. The number of rotatable bonds is 64. The Bertz CT molecular complexity index is 3150. The van der Waals surface area contributed by atoms with Crippen LogP contribution < -0.4 is 61.0 Å². The van der Waals surface area contributed by atoms with Gasteiger partial charge in [-0.1, -0.05) is 0 Å². The molecule has 0 heterocycles. The molecule has 0 spiro atoms. The zero-order chi connectivity index (χ0) is 92.0. The zero-order valence-corrected chi connectivity index (χ0v) is 64.0. The Morgan fingerprint density at radius 2 is 0.500 bits per heavy atom. The molecule has 0 aromatic heterocycles. The molecule has 0 fully saturated rings. The molecule has 0 aliphatic carbocycles. The molecular formula is C64H107N17O37. The number of hydrogen-bond donors (Lipinski definition) is 23. The van der Waals surface area contributed by atoms with Crippen molar-refractivity contribution in [3.05, 3.63) is 0 Å². The van der Waals surface area contributed by atoms with E-state index in [0.29, 0.717) is 37.7 Å². The molecule has 6 atom stereocenters. The number of carbonyl (C=O) groups excluding carboxylic acids is 13. The number of carboxylic acids is 12. The SMILES string of the molecule is NCC(=O)N[C@H](C=O)CCN(CC(=O)O)CC(=O)O.NCC(=O)N[C@H](C=O)CCNC(=O)CN(CC(=O)O)CC(=O)O.N[C@@H](CCN(CC(=O)O)CC(=O)O)C(=O)CCC=O.N[C@@H](CCNC(=O)CN(CC(=O)O)CC(=O)O)C(=O)CCC=O.N[C@H](C=O)CCN(CC(=O)O)CC(=O)O.N[C@H](C=O)CCNC(=O)CN(CC(=O)O)CC(=O)O. The van der Waals surface area contributed by atoms with Crippen LogP contribution in [-0.2, 0) is 120 Å². The molecule has 0 rings (SSSR count). The van der Waals surface area contributed by atoms with E-state index in [1.165, 1.54) is 9.80 Å². The molecule has 0 aliphatic heterocycles. The van der Waals surface area contributed by atoms with Gasteiger partial charge in [0, 0.05) is 65.0 Å². The third-order valence-electron chi connectivity index (χ3n) is 13.6. The van der Waals surface area contributed by atoms with Gasteiger partial charge < -0.3 is 151 Å². The third kappa shape index (κ3) is 80.5. The Morgan fingerprint density at radius 1 is 0.271 bits per heavy atom. The number of ketones is 2. The van der Waals surface area contributed by atoms with Crippen LogP contribution in [0.5, 0.6) is 0 Å². The fourth-order valence-corrected chi connectivity index (χ4v) is 8.42. The van der Waals surface area contributed by atoms with E-state index >= 15 is 0 Å². The van der Waals surface area contributed by atoms with Crippen molar-refractivity contribution in [1.29, 1.82) is 0 Å². The van der Waals surface area contributed by atoms with Crippen LogP contribution in [0.1, 0.15) is 64.2 Å². The van der Waals surface area contributed by atoms with Crippen LogP contribution in [0.15, 0.2) is 0 Å². The van der Waals surface area contributed by atoms with Crippen molar-refractivity contribution in [2.45, 2.75) is 100 Å². The van der Waals surface area contributed by atoms with Crippen molar-refractivity contribution >= 4 is 150 Å². The molecule has 0 bridgehead atoms. The topological polar surface area (TPSA) is 905 Å². The number of aliphatic carboxylic acids is 12. The van der Waals surface area contributed by atoms with Crippen LogP contribution in [0.3, 0.4) is 0 Å². The molecule has 54 heteroatoms. The molecule has 0 unspecified atom stereocenters. The molecule has 0 aromatic rings. The normalized spacial score (nSPS) is 11.9. The summed E-state index contributed by atoms with van der Waals surface area (Å²) in [4.78, 5) is 274. The average molecular weight is 1710 g/mol. The smallest absolute Gasteiger partial charge is 0.317 e. The van der Waals surface area contributed by atoms with E-state index in [4.69, 9.17) is 95.7 Å². The summed E-state index contributed by atoms with van der Waals surface area (Å²) in [5.41, 5.74) is 31.9. The first-order chi connectivity index (χ1) is 55.1. The summed E-state index contributed by atoms with van der Waals surface area (Å²) in [5.74, 6) is -17.6. The first-order valence-corrected chi connectivity index (χ1v) is 34.6. The van der Waals surface area contributed by atoms with Gasteiger partial charge in [-0.05, 0) is 38.5 Å². The predicted octanol–water partition coefficient (Wildman–Crippen LogP) is -13.5. The number of nitrogens with two attached hydrogens (primary N) is 6. The molecule has 0 radical (unpaired) electrons. The van der Waals surface area contributed by atoms with Gasteiger partial charge in [-0.25, -0.2) is 0 Å². The maximum atomic E-state index is 11.6. The summed E-state index contributed by atoms with van der Waals surface area (Å²) in [7, 11) is 0. The van der Waals surface area contributed by atoms with E-state index in [1.54, 1.807) is 0 Å².